The molecule has 0 spiro atoms. The molecule has 1 aromatic heterocycles. The largest absolute Gasteiger partial charge is 0.496 e. The molecule has 3 fully saturated rings. The molecular weight excluding hydrogens is 384 g/mol. The summed E-state index contributed by atoms with van der Waals surface area (Å²) >= 11 is 0. The van der Waals surface area contributed by atoms with Crippen molar-refractivity contribution < 1.29 is 19.1 Å². The van der Waals surface area contributed by atoms with Gasteiger partial charge in [0.2, 0.25) is 11.8 Å². The molecule has 0 aliphatic carbocycles. The molecule has 3 saturated heterocycles. The molecule has 30 heavy (non-hydrogen) atoms. The molecule has 5 rings (SSSR count). The van der Waals surface area contributed by atoms with E-state index < -0.39 is 0 Å². The van der Waals surface area contributed by atoms with Gasteiger partial charge in [-0.15, -0.1) is 0 Å². The molecule has 2 atom stereocenters. The summed E-state index contributed by atoms with van der Waals surface area (Å²) in [4.78, 5) is 41.0. The number of carbonyl (C=O) groups is 3. The van der Waals surface area contributed by atoms with Gasteiger partial charge in [0, 0.05) is 36.5 Å². The number of rotatable bonds is 4. The summed E-state index contributed by atoms with van der Waals surface area (Å²) in [5.74, 6) is 0.482. The first kappa shape index (κ1) is 18.8. The lowest BCUT2D eigenvalue weighted by molar-refractivity contribution is -0.142. The molecule has 3 aliphatic heterocycles. The molecule has 1 aromatic carbocycles. The van der Waals surface area contributed by atoms with Crippen LogP contribution < -0.4 is 4.74 Å². The van der Waals surface area contributed by atoms with Gasteiger partial charge in [-0.25, -0.2) is 0 Å². The summed E-state index contributed by atoms with van der Waals surface area (Å²) in [5.41, 5.74) is 1.92. The Labute approximate surface area is 174 Å². The third-order valence-corrected chi connectivity index (χ3v) is 6.59. The van der Waals surface area contributed by atoms with Gasteiger partial charge in [-0.3, -0.25) is 24.4 Å². The van der Waals surface area contributed by atoms with Gasteiger partial charge in [0.15, 0.2) is 0 Å². The summed E-state index contributed by atoms with van der Waals surface area (Å²) in [6, 6.07) is 9.32. The molecule has 8 nitrogen and oxygen atoms in total. The highest BCUT2D eigenvalue weighted by Crippen LogP contribution is 2.40. The Hall–Kier alpha value is -3.16. The Morgan fingerprint density at radius 2 is 1.73 bits per heavy atom. The molecule has 4 heterocycles. The van der Waals surface area contributed by atoms with Gasteiger partial charge in [-0.05, 0) is 43.9 Å². The number of aromatic amines is 1. The molecular formula is C22H24N4O4. The Kier molecular flexibility index (Phi) is 4.56. The van der Waals surface area contributed by atoms with Gasteiger partial charge in [-0.1, -0.05) is 12.1 Å². The lowest BCUT2D eigenvalue weighted by Gasteiger charge is -2.41. The van der Waals surface area contributed by atoms with Crippen molar-refractivity contribution in [1.82, 2.24) is 20.0 Å². The van der Waals surface area contributed by atoms with Gasteiger partial charge in [0.1, 0.15) is 11.4 Å². The standard InChI is InChI=1S/C22H24N4O4/c1-30-19-5-3-2-4-16(19)17-12-18(24-23-17)22(29)25-13-6-7-14(25)11-15(10-13)26-20(27)8-9-21(26)28/h2-5,12-15H,6-11H2,1H3,(H,23,24). The zero-order chi connectivity index (χ0) is 20.8. The SMILES string of the molecule is COc1ccccc1-c1cc(C(=O)N2C3CCC2CC(N2C(=O)CCC2=O)C3)[nH]n1. The average Bonchev–Trinajstić information content (AvgIpc) is 3.44. The Morgan fingerprint density at radius 1 is 1.07 bits per heavy atom. The minimum atomic E-state index is -0.0834. The fraction of sp³-hybridized carbons (Fsp3) is 0.455. The first-order valence-corrected chi connectivity index (χ1v) is 10.4. The van der Waals surface area contributed by atoms with E-state index in [1.807, 2.05) is 29.2 Å². The van der Waals surface area contributed by atoms with E-state index in [1.54, 1.807) is 13.2 Å². The van der Waals surface area contributed by atoms with Gasteiger partial charge in [0.25, 0.3) is 5.91 Å². The number of hydrogen-bond acceptors (Lipinski definition) is 5. The highest BCUT2D eigenvalue weighted by Gasteiger charge is 2.48. The van der Waals surface area contributed by atoms with E-state index in [9.17, 15) is 14.4 Å². The summed E-state index contributed by atoms with van der Waals surface area (Å²) in [6.45, 7) is 0. The van der Waals surface area contributed by atoms with E-state index in [-0.39, 0.29) is 35.8 Å². The van der Waals surface area contributed by atoms with Crippen LogP contribution in [0.1, 0.15) is 49.0 Å². The van der Waals surface area contributed by atoms with Gasteiger partial charge >= 0.3 is 0 Å². The smallest absolute Gasteiger partial charge is 0.272 e. The Bertz CT molecular complexity index is 986. The molecule has 3 amide bonds. The number of nitrogens with one attached hydrogen (secondary N) is 1. The number of benzene rings is 1. The van der Waals surface area contributed by atoms with Crippen LogP contribution in [0.3, 0.4) is 0 Å². The van der Waals surface area contributed by atoms with E-state index in [1.165, 1.54) is 4.90 Å². The van der Waals surface area contributed by atoms with Crippen molar-refractivity contribution in [3.05, 3.63) is 36.0 Å². The molecule has 156 valence electrons. The van der Waals surface area contributed by atoms with Crippen molar-refractivity contribution in [2.24, 2.45) is 0 Å². The average molecular weight is 408 g/mol. The third kappa shape index (κ3) is 2.98. The molecule has 8 heteroatoms. The van der Waals surface area contributed by atoms with Crippen molar-refractivity contribution in [3.63, 3.8) is 0 Å². The van der Waals surface area contributed by atoms with E-state index in [0.29, 0.717) is 42.8 Å². The number of ether oxygens (including phenoxy) is 1. The normalized spacial score (nSPS) is 25.8. The second kappa shape index (κ2) is 7.27. The number of H-pyrrole nitrogens is 1. The highest BCUT2D eigenvalue weighted by atomic mass is 16.5. The lowest BCUT2D eigenvalue weighted by atomic mass is 9.95. The van der Waals surface area contributed by atoms with E-state index in [0.717, 1.165) is 18.4 Å². The number of carbonyl (C=O) groups excluding carboxylic acids is 3. The van der Waals surface area contributed by atoms with Crippen molar-refractivity contribution in [1.29, 1.82) is 0 Å². The summed E-state index contributed by atoms with van der Waals surface area (Å²) in [7, 11) is 1.61. The fourth-order valence-electron chi connectivity index (χ4n) is 5.26. The molecule has 1 N–H and O–H groups in total. The number of likely N-dealkylation sites (tertiary alicyclic amines) is 1. The van der Waals surface area contributed by atoms with Crippen LogP contribution in [0.15, 0.2) is 30.3 Å². The lowest BCUT2D eigenvalue weighted by Crippen LogP contribution is -2.53. The Morgan fingerprint density at radius 3 is 2.40 bits per heavy atom. The molecule has 2 bridgehead atoms. The number of hydrogen-bond donors (Lipinski definition) is 1. The highest BCUT2D eigenvalue weighted by molar-refractivity contribution is 6.02. The number of fused-ring (bicyclic) bond motifs is 2. The molecule has 0 saturated carbocycles. The third-order valence-electron chi connectivity index (χ3n) is 6.59. The maximum absolute atomic E-state index is 13.3. The number of piperidine rings is 1. The zero-order valence-corrected chi connectivity index (χ0v) is 16.8. The molecule has 2 aromatic rings. The molecule has 3 aliphatic rings. The second-order valence-electron chi connectivity index (χ2n) is 8.25. The number of imide groups is 1. The van der Waals surface area contributed by atoms with Crippen LogP contribution in [0.2, 0.25) is 0 Å². The van der Waals surface area contributed by atoms with E-state index >= 15 is 0 Å². The molecule has 0 radical (unpaired) electrons. The second-order valence-corrected chi connectivity index (χ2v) is 8.25. The number of nitrogens with zero attached hydrogens (tertiary/aromatic N) is 3. The number of amides is 3. The van der Waals surface area contributed by atoms with Crippen LogP contribution in [0.5, 0.6) is 5.75 Å². The van der Waals surface area contributed by atoms with Crippen LogP contribution in [-0.4, -0.2) is 63.0 Å². The fourth-order valence-corrected chi connectivity index (χ4v) is 5.26. The minimum Gasteiger partial charge on any atom is -0.496 e. The van der Waals surface area contributed by atoms with Gasteiger partial charge in [0.05, 0.1) is 12.8 Å². The van der Waals surface area contributed by atoms with Crippen LogP contribution in [-0.2, 0) is 9.59 Å². The van der Waals surface area contributed by atoms with Crippen molar-refractivity contribution in [2.75, 3.05) is 7.11 Å². The van der Waals surface area contributed by atoms with Crippen LogP contribution >= 0.6 is 0 Å². The first-order chi connectivity index (χ1) is 14.6. The zero-order valence-electron chi connectivity index (χ0n) is 16.8. The maximum atomic E-state index is 13.3. The number of para-hydroxylation sites is 1. The minimum absolute atomic E-state index is 0.0421. The van der Waals surface area contributed by atoms with Crippen LogP contribution in [0.25, 0.3) is 11.3 Å². The predicted molar refractivity (Wildman–Crippen MR) is 108 cm³/mol. The van der Waals surface area contributed by atoms with Crippen LogP contribution in [0, 0.1) is 0 Å². The van der Waals surface area contributed by atoms with Crippen molar-refractivity contribution in [3.8, 4) is 17.0 Å². The van der Waals surface area contributed by atoms with Crippen molar-refractivity contribution in [2.45, 2.75) is 56.7 Å². The topological polar surface area (TPSA) is 95.6 Å². The van der Waals surface area contributed by atoms with Gasteiger partial charge in [-0.2, -0.15) is 5.10 Å². The number of aromatic nitrogens is 2. The van der Waals surface area contributed by atoms with Crippen LogP contribution in [0.4, 0.5) is 0 Å². The molecule has 2 unspecified atom stereocenters. The summed E-state index contributed by atoms with van der Waals surface area (Å²) < 4.78 is 5.40. The van der Waals surface area contributed by atoms with E-state index in [4.69, 9.17) is 4.74 Å². The van der Waals surface area contributed by atoms with Gasteiger partial charge < -0.3 is 9.64 Å². The first-order valence-electron chi connectivity index (χ1n) is 10.4. The van der Waals surface area contributed by atoms with Crippen molar-refractivity contribution >= 4 is 17.7 Å². The summed E-state index contributed by atoms with van der Waals surface area (Å²) in [5, 5.41) is 7.22. The summed E-state index contributed by atoms with van der Waals surface area (Å²) in [6.07, 6.45) is 3.74. The Balaban J connectivity index is 1.35. The number of methoxy groups -OCH3 is 1. The van der Waals surface area contributed by atoms with E-state index in [2.05, 4.69) is 10.2 Å². The quantitative estimate of drug-likeness (QED) is 0.784. The predicted octanol–water partition coefficient (Wildman–Crippen LogP) is 2.37. The monoisotopic (exact) mass is 408 g/mol. The maximum Gasteiger partial charge on any atom is 0.272 e.